The lowest BCUT2D eigenvalue weighted by Crippen LogP contribution is -2.36. The molecule has 23 heavy (non-hydrogen) atoms. The summed E-state index contributed by atoms with van der Waals surface area (Å²) in [6.45, 7) is 0. The van der Waals surface area contributed by atoms with Gasteiger partial charge < -0.3 is 21.5 Å². The molecule has 2 rings (SSSR count). The Kier molecular flexibility index (Phi) is 5.71. The first kappa shape index (κ1) is 16.5. The number of para-hydroxylation sites is 1. The molecular formula is C17H19N3O3. The highest BCUT2D eigenvalue weighted by atomic mass is 16.5. The number of anilines is 1. The van der Waals surface area contributed by atoms with Crippen LogP contribution >= 0.6 is 0 Å². The quantitative estimate of drug-likeness (QED) is 0.726. The van der Waals surface area contributed by atoms with E-state index in [2.05, 4.69) is 5.32 Å². The molecule has 0 heterocycles. The van der Waals surface area contributed by atoms with Crippen molar-refractivity contribution in [1.82, 2.24) is 0 Å². The van der Waals surface area contributed by atoms with Crippen LogP contribution in [0, 0.1) is 0 Å². The fourth-order valence-corrected chi connectivity index (χ4v) is 1.89. The average Bonchev–Trinajstić information content (AvgIpc) is 2.55. The molecule has 0 radical (unpaired) electrons. The Bertz CT molecular complexity index is 657. The molecule has 2 amide bonds. The number of nitrogens with one attached hydrogen (secondary N) is 1. The summed E-state index contributed by atoms with van der Waals surface area (Å²) < 4.78 is 5.66. The number of hydrogen-bond acceptors (Lipinski definition) is 4. The molecule has 0 aromatic heterocycles. The molecule has 6 nitrogen and oxygen atoms in total. The van der Waals surface area contributed by atoms with Gasteiger partial charge in [0.2, 0.25) is 11.8 Å². The molecule has 1 atom stereocenters. The van der Waals surface area contributed by atoms with Crippen molar-refractivity contribution in [2.75, 3.05) is 5.32 Å². The smallest absolute Gasteiger partial charge is 0.241 e. The lowest BCUT2D eigenvalue weighted by Gasteiger charge is -2.12. The highest BCUT2D eigenvalue weighted by Crippen LogP contribution is 2.22. The zero-order chi connectivity index (χ0) is 16.7. The minimum absolute atomic E-state index is 0.0818. The molecule has 5 N–H and O–H groups in total. The van der Waals surface area contributed by atoms with E-state index >= 15 is 0 Å². The summed E-state index contributed by atoms with van der Waals surface area (Å²) in [5.41, 5.74) is 11.3. The van der Waals surface area contributed by atoms with E-state index in [1.165, 1.54) is 0 Å². The molecule has 0 spiro atoms. The van der Waals surface area contributed by atoms with Gasteiger partial charge >= 0.3 is 0 Å². The van der Waals surface area contributed by atoms with Gasteiger partial charge in [0, 0.05) is 12.1 Å². The Labute approximate surface area is 134 Å². The van der Waals surface area contributed by atoms with Crippen LogP contribution in [-0.4, -0.2) is 17.9 Å². The summed E-state index contributed by atoms with van der Waals surface area (Å²) in [6, 6.07) is 15.5. The molecule has 6 heteroatoms. The minimum atomic E-state index is -0.775. The summed E-state index contributed by atoms with van der Waals surface area (Å²) in [5, 5.41) is 2.68. The molecule has 2 aromatic rings. The molecule has 2 aromatic carbocycles. The standard InChI is InChI=1S/C17H19N3O3/c18-15(10-11-16(19)21)17(22)20-12-6-8-14(9-7-12)23-13-4-2-1-3-5-13/h1-9,15H,10-11,18H2,(H2,19,21)(H,20,22). The molecule has 1 unspecified atom stereocenters. The lowest BCUT2D eigenvalue weighted by atomic mass is 10.1. The lowest BCUT2D eigenvalue weighted by molar-refractivity contribution is -0.119. The largest absolute Gasteiger partial charge is 0.457 e. The van der Waals surface area contributed by atoms with Crippen molar-refractivity contribution in [3.05, 3.63) is 54.6 Å². The fourth-order valence-electron chi connectivity index (χ4n) is 1.89. The molecule has 0 aliphatic rings. The predicted octanol–water partition coefficient (Wildman–Crippen LogP) is 2.01. The molecule has 0 aliphatic heterocycles. The maximum absolute atomic E-state index is 11.9. The second-order valence-corrected chi connectivity index (χ2v) is 5.04. The van der Waals surface area contributed by atoms with Gasteiger partial charge in [0.25, 0.3) is 0 Å². The Balaban J connectivity index is 1.89. The van der Waals surface area contributed by atoms with Gasteiger partial charge in [-0.2, -0.15) is 0 Å². The topological polar surface area (TPSA) is 107 Å². The second-order valence-electron chi connectivity index (χ2n) is 5.04. The van der Waals surface area contributed by atoms with E-state index in [1.807, 2.05) is 30.3 Å². The summed E-state index contributed by atoms with van der Waals surface area (Å²) >= 11 is 0. The minimum Gasteiger partial charge on any atom is -0.457 e. The third kappa shape index (κ3) is 5.44. The van der Waals surface area contributed by atoms with Crippen molar-refractivity contribution in [1.29, 1.82) is 0 Å². The first-order valence-corrected chi connectivity index (χ1v) is 7.22. The maximum Gasteiger partial charge on any atom is 0.241 e. The van der Waals surface area contributed by atoms with Gasteiger partial charge in [0.15, 0.2) is 0 Å². The first-order chi connectivity index (χ1) is 11.0. The van der Waals surface area contributed by atoms with E-state index in [0.29, 0.717) is 11.4 Å². The van der Waals surface area contributed by atoms with Crippen LogP contribution < -0.4 is 21.5 Å². The van der Waals surface area contributed by atoms with Crippen molar-refractivity contribution in [2.24, 2.45) is 11.5 Å². The Morgan fingerprint density at radius 1 is 1.00 bits per heavy atom. The van der Waals surface area contributed by atoms with Gasteiger partial charge in [-0.05, 0) is 42.8 Å². The summed E-state index contributed by atoms with van der Waals surface area (Å²) in [5.74, 6) is 0.559. The van der Waals surface area contributed by atoms with Gasteiger partial charge in [0.05, 0.1) is 6.04 Å². The van der Waals surface area contributed by atoms with E-state index in [9.17, 15) is 9.59 Å². The van der Waals surface area contributed by atoms with Crippen LogP contribution in [0.25, 0.3) is 0 Å². The molecule has 0 aliphatic carbocycles. The van der Waals surface area contributed by atoms with E-state index in [4.69, 9.17) is 16.2 Å². The molecule has 0 saturated carbocycles. The van der Waals surface area contributed by atoms with Gasteiger partial charge in [-0.25, -0.2) is 0 Å². The summed E-state index contributed by atoms with van der Waals surface area (Å²) in [4.78, 5) is 22.6. The number of carbonyl (C=O) groups excluding carboxylic acids is 2. The van der Waals surface area contributed by atoms with Crippen molar-refractivity contribution in [3.63, 3.8) is 0 Å². The number of nitrogens with two attached hydrogens (primary N) is 2. The fraction of sp³-hybridized carbons (Fsp3) is 0.176. The van der Waals surface area contributed by atoms with Crippen LogP contribution in [0.1, 0.15) is 12.8 Å². The third-order valence-electron chi connectivity index (χ3n) is 3.14. The maximum atomic E-state index is 11.9. The number of rotatable bonds is 7. The number of amides is 2. The number of hydrogen-bond donors (Lipinski definition) is 3. The predicted molar refractivity (Wildman–Crippen MR) is 88.0 cm³/mol. The Morgan fingerprint density at radius 2 is 1.61 bits per heavy atom. The first-order valence-electron chi connectivity index (χ1n) is 7.22. The Morgan fingerprint density at radius 3 is 2.22 bits per heavy atom. The van der Waals surface area contributed by atoms with Gasteiger partial charge in [-0.3, -0.25) is 9.59 Å². The van der Waals surface area contributed by atoms with Crippen molar-refractivity contribution in [2.45, 2.75) is 18.9 Å². The molecule has 0 bridgehead atoms. The summed E-state index contributed by atoms with van der Waals surface area (Å²) in [7, 11) is 0. The van der Waals surface area contributed by atoms with E-state index in [0.717, 1.165) is 5.75 Å². The third-order valence-corrected chi connectivity index (χ3v) is 3.14. The van der Waals surface area contributed by atoms with Crippen LogP contribution in [-0.2, 0) is 9.59 Å². The van der Waals surface area contributed by atoms with E-state index in [-0.39, 0.29) is 18.7 Å². The van der Waals surface area contributed by atoms with Crippen molar-refractivity contribution >= 4 is 17.5 Å². The van der Waals surface area contributed by atoms with E-state index < -0.39 is 11.9 Å². The van der Waals surface area contributed by atoms with Crippen LogP contribution in [0.15, 0.2) is 54.6 Å². The Hall–Kier alpha value is -2.86. The second kappa shape index (κ2) is 7.95. The average molecular weight is 313 g/mol. The van der Waals surface area contributed by atoms with Crippen molar-refractivity contribution in [3.8, 4) is 11.5 Å². The highest BCUT2D eigenvalue weighted by molar-refractivity contribution is 5.95. The molecule has 120 valence electrons. The zero-order valence-electron chi connectivity index (χ0n) is 12.6. The number of ether oxygens (including phenoxy) is 1. The molecule has 0 fully saturated rings. The van der Waals surface area contributed by atoms with Crippen LogP contribution in [0.3, 0.4) is 0 Å². The zero-order valence-corrected chi connectivity index (χ0v) is 12.6. The number of primary amides is 1. The van der Waals surface area contributed by atoms with Crippen LogP contribution in [0.5, 0.6) is 11.5 Å². The van der Waals surface area contributed by atoms with Crippen LogP contribution in [0.2, 0.25) is 0 Å². The highest BCUT2D eigenvalue weighted by Gasteiger charge is 2.14. The summed E-state index contributed by atoms with van der Waals surface area (Å²) in [6.07, 6.45) is 0.300. The van der Waals surface area contributed by atoms with Gasteiger partial charge in [-0.15, -0.1) is 0 Å². The molecule has 0 saturated heterocycles. The van der Waals surface area contributed by atoms with Crippen molar-refractivity contribution < 1.29 is 14.3 Å². The monoisotopic (exact) mass is 313 g/mol. The van der Waals surface area contributed by atoms with Crippen LogP contribution in [0.4, 0.5) is 5.69 Å². The molecular weight excluding hydrogens is 294 g/mol. The number of benzene rings is 2. The normalized spacial score (nSPS) is 11.5. The van der Waals surface area contributed by atoms with Gasteiger partial charge in [0.1, 0.15) is 11.5 Å². The number of carbonyl (C=O) groups is 2. The van der Waals surface area contributed by atoms with E-state index in [1.54, 1.807) is 24.3 Å². The SMILES string of the molecule is NC(=O)CCC(N)C(=O)Nc1ccc(Oc2ccccc2)cc1. The van der Waals surface area contributed by atoms with Gasteiger partial charge in [-0.1, -0.05) is 18.2 Å².